The largest absolute Gasteiger partial charge is 0.452 e. The molecule has 0 aromatic heterocycles. The molecular formula is C18H18ClNO3S. The molecule has 0 spiro atoms. The lowest BCUT2D eigenvalue weighted by Gasteiger charge is -2.15. The number of hydrogen-bond donors (Lipinski definition) is 1. The van der Waals surface area contributed by atoms with E-state index in [2.05, 4.69) is 5.32 Å². The smallest absolute Gasteiger partial charge is 0.317 e. The van der Waals surface area contributed by atoms with Crippen LogP contribution in [0.4, 0.5) is 5.69 Å². The fourth-order valence-corrected chi connectivity index (χ4v) is 2.80. The number of nitrogens with one attached hydrogen (secondary N) is 1. The van der Waals surface area contributed by atoms with Crippen molar-refractivity contribution >= 4 is 40.9 Å². The van der Waals surface area contributed by atoms with Crippen LogP contribution in [0.5, 0.6) is 0 Å². The highest BCUT2D eigenvalue weighted by atomic mass is 35.5. The lowest BCUT2D eigenvalue weighted by Crippen LogP contribution is -2.30. The van der Waals surface area contributed by atoms with Gasteiger partial charge >= 0.3 is 5.97 Å². The minimum Gasteiger partial charge on any atom is -0.452 e. The second kappa shape index (κ2) is 8.76. The van der Waals surface area contributed by atoms with Crippen molar-refractivity contribution < 1.29 is 14.3 Å². The molecule has 0 aliphatic heterocycles. The normalized spacial score (nSPS) is 11.6. The summed E-state index contributed by atoms with van der Waals surface area (Å²) in [7, 11) is 0. The Morgan fingerprint density at radius 1 is 1.17 bits per heavy atom. The Balaban J connectivity index is 1.84. The Morgan fingerprint density at radius 3 is 2.58 bits per heavy atom. The molecule has 6 heteroatoms. The number of ether oxygens (including phenoxy) is 1. The van der Waals surface area contributed by atoms with Crippen molar-refractivity contribution in [2.45, 2.75) is 24.8 Å². The summed E-state index contributed by atoms with van der Waals surface area (Å²) in [6, 6.07) is 14.8. The third-order valence-corrected chi connectivity index (χ3v) is 4.70. The molecule has 2 aromatic rings. The van der Waals surface area contributed by atoms with Crippen LogP contribution in [-0.4, -0.2) is 23.7 Å². The number of hydrogen-bond acceptors (Lipinski definition) is 4. The summed E-state index contributed by atoms with van der Waals surface area (Å²) in [5.74, 6) is -0.676. The van der Waals surface area contributed by atoms with Gasteiger partial charge in [0.2, 0.25) is 0 Å². The van der Waals surface area contributed by atoms with Crippen LogP contribution in [0.1, 0.15) is 12.5 Å². The zero-order valence-electron chi connectivity index (χ0n) is 13.4. The van der Waals surface area contributed by atoms with Crippen LogP contribution in [0.3, 0.4) is 0 Å². The molecule has 0 aliphatic carbocycles. The van der Waals surface area contributed by atoms with Gasteiger partial charge in [0, 0.05) is 15.6 Å². The van der Waals surface area contributed by atoms with Gasteiger partial charge in [0.05, 0.1) is 5.75 Å². The van der Waals surface area contributed by atoms with E-state index in [4.69, 9.17) is 16.3 Å². The van der Waals surface area contributed by atoms with E-state index in [1.807, 2.05) is 37.3 Å². The Labute approximate surface area is 150 Å². The standard InChI is InChI=1S/C18H18ClNO3S/c1-12-15(19)9-6-10-16(12)20-18(22)13(2)23-17(21)11-24-14-7-4-3-5-8-14/h3-10,13H,11H2,1-2H3,(H,20,22)/t13-/m0/s1. The lowest BCUT2D eigenvalue weighted by molar-refractivity contribution is -0.150. The Hall–Kier alpha value is -1.98. The van der Waals surface area contributed by atoms with Gasteiger partial charge in [-0.3, -0.25) is 9.59 Å². The highest BCUT2D eigenvalue weighted by Crippen LogP contribution is 2.23. The molecule has 0 radical (unpaired) electrons. The lowest BCUT2D eigenvalue weighted by atomic mass is 10.2. The van der Waals surface area contributed by atoms with Gasteiger partial charge in [-0.05, 0) is 43.7 Å². The van der Waals surface area contributed by atoms with Crippen molar-refractivity contribution in [3.63, 3.8) is 0 Å². The van der Waals surface area contributed by atoms with Gasteiger partial charge in [-0.15, -0.1) is 11.8 Å². The highest BCUT2D eigenvalue weighted by molar-refractivity contribution is 8.00. The van der Waals surface area contributed by atoms with E-state index in [0.717, 1.165) is 10.5 Å². The molecule has 0 fully saturated rings. The number of rotatable bonds is 6. The van der Waals surface area contributed by atoms with E-state index in [0.29, 0.717) is 10.7 Å². The zero-order valence-corrected chi connectivity index (χ0v) is 15.0. The van der Waals surface area contributed by atoms with Crippen molar-refractivity contribution in [2.75, 3.05) is 11.1 Å². The first kappa shape index (κ1) is 18.4. The van der Waals surface area contributed by atoms with E-state index in [1.165, 1.54) is 11.8 Å². The molecule has 24 heavy (non-hydrogen) atoms. The van der Waals surface area contributed by atoms with Crippen molar-refractivity contribution in [3.8, 4) is 0 Å². The van der Waals surface area contributed by atoms with Crippen molar-refractivity contribution in [1.29, 1.82) is 0 Å². The first-order chi connectivity index (χ1) is 11.5. The summed E-state index contributed by atoms with van der Waals surface area (Å²) >= 11 is 7.39. The summed E-state index contributed by atoms with van der Waals surface area (Å²) < 4.78 is 5.17. The van der Waals surface area contributed by atoms with Gasteiger partial charge in [0.25, 0.3) is 5.91 Å². The molecule has 2 rings (SSSR count). The Bertz CT molecular complexity index is 721. The fourth-order valence-electron chi connectivity index (χ4n) is 1.92. The maximum absolute atomic E-state index is 12.1. The maximum Gasteiger partial charge on any atom is 0.317 e. The number of anilines is 1. The van der Waals surface area contributed by atoms with E-state index in [1.54, 1.807) is 25.1 Å². The molecule has 2 aromatic carbocycles. The molecule has 1 atom stereocenters. The molecule has 0 heterocycles. The van der Waals surface area contributed by atoms with Crippen LogP contribution < -0.4 is 5.32 Å². The first-order valence-corrected chi connectivity index (χ1v) is 8.77. The van der Waals surface area contributed by atoms with Crippen LogP contribution >= 0.6 is 23.4 Å². The van der Waals surface area contributed by atoms with Gasteiger partial charge in [0.1, 0.15) is 0 Å². The molecule has 1 amide bonds. The van der Waals surface area contributed by atoms with Gasteiger partial charge in [-0.1, -0.05) is 35.9 Å². The van der Waals surface area contributed by atoms with Crippen LogP contribution in [-0.2, 0) is 14.3 Å². The fraction of sp³-hybridized carbons (Fsp3) is 0.222. The average Bonchev–Trinajstić information content (AvgIpc) is 2.58. The summed E-state index contributed by atoms with van der Waals surface area (Å²) in [5.41, 5.74) is 1.37. The average molecular weight is 364 g/mol. The van der Waals surface area contributed by atoms with E-state index < -0.39 is 18.0 Å². The number of amides is 1. The minimum absolute atomic E-state index is 0.151. The highest BCUT2D eigenvalue weighted by Gasteiger charge is 2.19. The summed E-state index contributed by atoms with van der Waals surface area (Å²) in [6.07, 6.45) is -0.882. The molecule has 0 bridgehead atoms. The van der Waals surface area contributed by atoms with Crippen LogP contribution in [0, 0.1) is 6.92 Å². The zero-order chi connectivity index (χ0) is 17.5. The van der Waals surface area contributed by atoms with Gasteiger partial charge in [-0.25, -0.2) is 0 Å². The summed E-state index contributed by atoms with van der Waals surface area (Å²) in [4.78, 5) is 25.0. The third kappa shape index (κ3) is 5.28. The molecule has 4 nitrogen and oxygen atoms in total. The molecule has 1 N–H and O–H groups in total. The minimum atomic E-state index is -0.882. The van der Waals surface area contributed by atoms with Crippen molar-refractivity contribution in [3.05, 3.63) is 59.1 Å². The van der Waals surface area contributed by atoms with Crippen LogP contribution in [0.25, 0.3) is 0 Å². The molecule has 126 valence electrons. The van der Waals surface area contributed by atoms with E-state index in [9.17, 15) is 9.59 Å². The third-order valence-electron chi connectivity index (χ3n) is 3.30. The number of carbonyl (C=O) groups is 2. The number of benzene rings is 2. The SMILES string of the molecule is Cc1c(Cl)cccc1NC(=O)[C@H](C)OC(=O)CSc1ccccc1. The second-order valence-corrected chi connectivity index (χ2v) is 6.59. The monoisotopic (exact) mass is 363 g/mol. The Kier molecular flexibility index (Phi) is 6.70. The number of carbonyl (C=O) groups excluding carboxylic acids is 2. The van der Waals surface area contributed by atoms with Crippen LogP contribution in [0.15, 0.2) is 53.4 Å². The number of esters is 1. The van der Waals surface area contributed by atoms with Gasteiger partial charge in [0.15, 0.2) is 6.10 Å². The molecule has 0 aliphatic rings. The number of thioether (sulfide) groups is 1. The van der Waals surface area contributed by atoms with Gasteiger partial charge < -0.3 is 10.1 Å². The van der Waals surface area contributed by atoms with E-state index in [-0.39, 0.29) is 5.75 Å². The molecule has 0 saturated heterocycles. The Morgan fingerprint density at radius 2 is 1.88 bits per heavy atom. The maximum atomic E-state index is 12.1. The van der Waals surface area contributed by atoms with E-state index >= 15 is 0 Å². The quantitative estimate of drug-likeness (QED) is 0.613. The van der Waals surface area contributed by atoms with Gasteiger partial charge in [-0.2, -0.15) is 0 Å². The number of halogens is 1. The molecule has 0 unspecified atom stereocenters. The molecular weight excluding hydrogens is 346 g/mol. The summed E-state index contributed by atoms with van der Waals surface area (Å²) in [5, 5.41) is 3.29. The summed E-state index contributed by atoms with van der Waals surface area (Å²) in [6.45, 7) is 3.35. The van der Waals surface area contributed by atoms with Crippen molar-refractivity contribution in [1.82, 2.24) is 0 Å². The van der Waals surface area contributed by atoms with Crippen molar-refractivity contribution in [2.24, 2.45) is 0 Å². The topological polar surface area (TPSA) is 55.4 Å². The second-order valence-electron chi connectivity index (χ2n) is 5.14. The molecule has 0 saturated carbocycles. The predicted molar refractivity (Wildman–Crippen MR) is 97.5 cm³/mol. The van der Waals surface area contributed by atoms with Crippen LogP contribution in [0.2, 0.25) is 5.02 Å². The predicted octanol–water partition coefficient (Wildman–Crippen LogP) is 4.31. The first-order valence-electron chi connectivity index (χ1n) is 7.40.